The molecule has 0 saturated carbocycles. The average molecular weight is 299 g/mol. The van der Waals surface area contributed by atoms with Gasteiger partial charge in [0, 0.05) is 6.04 Å². The van der Waals surface area contributed by atoms with E-state index >= 15 is 0 Å². The van der Waals surface area contributed by atoms with E-state index in [9.17, 15) is 0 Å². The van der Waals surface area contributed by atoms with Gasteiger partial charge in [-0.2, -0.15) is 0 Å². The smallest absolute Gasteiger partial charge is 0.119 e. The maximum absolute atomic E-state index is 6.27. The van der Waals surface area contributed by atoms with Crippen LogP contribution in [0.15, 0.2) is 48.5 Å². The fourth-order valence-corrected chi connectivity index (χ4v) is 2.45. The van der Waals surface area contributed by atoms with Crippen LogP contribution in [-0.4, -0.2) is 19.3 Å². The second-order valence-electron chi connectivity index (χ2n) is 5.32. The van der Waals surface area contributed by atoms with Crippen LogP contribution in [0.3, 0.4) is 0 Å². The molecule has 2 N–H and O–H groups in total. The molecule has 0 heterocycles. The topological polar surface area (TPSA) is 44.5 Å². The van der Waals surface area contributed by atoms with Gasteiger partial charge >= 0.3 is 0 Å². The molecule has 0 atom stereocenters. The van der Waals surface area contributed by atoms with Crippen molar-refractivity contribution in [3.63, 3.8) is 0 Å². The average Bonchev–Trinajstić information content (AvgIpc) is 2.52. The fraction of sp³-hybridized carbons (Fsp3) is 0.368. The molecule has 22 heavy (non-hydrogen) atoms. The monoisotopic (exact) mass is 299 g/mol. The minimum atomic E-state index is 0.107. The molecule has 0 fully saturated rings. The Morgan fingerprint density at radius 2 is 1.09 bits per heavy atom. The molecule has 0 saturated heterocycles. The van der Waals surface area contributed by atoms with Crippen molar-refractivity contribution < 1.29 is 9.47 Å². The third kappa shape index (κ3) is 5.08. The second-order valence-corrected chi connectivity index (χ2v) is 5.32. The lowest BCUT2D eigenvalue weighted by Gasteiger charge is -2.13. The number of hydrogen-bond donors (Lipinski definition) is 1. The lowest BCUT2D eigenvalue weighted by molar-refractivity contribution is 0.340. The molecule has 0 aromatic heterocycles. The summed E-state index contributed by atoms with van der Waals surface area (Å²) >= 11 is 0. The van der Waals surface area contributed by atoms with Crippen LogP contribution in [0.1, 0.15) is 25.0 Å². The summed E-state index contributed by atoms with van der Waals surface area (Å²) in [6.07, 6.45) is 1.72. The molecule has 0 bridgehead atoms. The van der Waals surface area contributed by atoms with E-state index in [1.54, 1.807) is 0 Å². The summed E-state index contributed by atoms with van der Waals surface area (Å²) in [4.78, 5) is 0. The van der Waals surface area contributed by atoms with Gasteiger partial charge in [-0.3, -0.25) is 0 Å². The van der Waals surface area contributed by atoms with Crippen molar-refractivity contribution in [1.29, 1.82) is 0 Å². The van der Waals surface area contributed by atoms with Crippen LogP contribution in [0.4, 0.5) is 0 Å². The highest BCUT2D eigenvalue weighted by molar-refractivity contribution is 5.29. The minimum absolute atomic E-state index is 0.107. The Labute approximate surface area is 133 Å². The molecule has 2 aromatic rings. The third-order valence-electron chi connectivity index (χ3n) is 3.46. The zero-order valence-corrected chi connectivity index (χ0v) is 13.4. The first kappa shape index (κ1) is 16.4. The van der Waals surface area contributed by atoms with Crippen LogP contribution >= 0.6 is 0 Å². The first-order valence-corrected chi connectivity index (χ1v) is 7.90. The van der Waals surface area contributed by atoms with Gasteiger partial charge in [-0.25, -0.2) is 0 Å². The van der Waals surface area contributed by atoms with Crippen LogP contribution in [0.5, 0.6) is 11.5 Å². The van der Waals surface area contributed by atoms with E-state index < -0.39 is 0 Å². The normalized spacial score (nSPS) is 10.7. The quantitative estimate of drug-likeness (QED) is 0.810. The van der Waals surface area contributed by atoms with E-state index in [1.807, 2.05) is 38.1 Å². The van der Waals surface area contributed by atoms with Gasteiger partial charge in [-0.05, 0) is 62.1 Å². The molecular weight excluding hydrogens is 274 g/mol. The molecule has 0 spiro atoms. The molecular formula is C19H25NO2. The Hall–Kier alpha value is -2.00. The zero-order valence-electron chi connectivity index (χ0n) is 13.4. The van der Waals surface area contributed by atoms with Crippen LogP contribution in [0.2, 0.25) is 0 Å². The van der Waals surface area contributed by atoms with Gasteiger partial charge in [0.1, 0.15) is 11.5 Å². The summed E-state index contributed by atoms with van der Waals surface area (Å²) in [6.45, 7) is 5.36. The van der Waals surface area contributed by atoms with E-state index in [2.05, 4.69) is 24.3 Å². The summed E-state index contributed by atoms with van der Waals surface area (Å²) in [5.41, 5.74) is 8.74. The number of rotatable bonds is 8. The van der Waals surface area contributed by atoms with E-state index in [0.717, 1.165) is 24.3 Å². The molecule has 0 aliphatic heterocycles. The first-order valence-electron chi connectivity index (χ1n) is 7.90. The van der Waals surface area contributed by atoms with Crippen molar-refractivity contribution in [3.8, 4) is 11.5 Å². The second kappa shape index (κ2) is 8.44. The van der Waals surface area contributed by atoms with Crippen LogP contribution in [-0.2, 0) is 12.8 Å². The molecule has 3 heteroatoms. The number of hydrogen-bond acceptors (Lipinski definition) is 3. The van der Waals surface area contributed by atoms with Gasteiger partial charge in [0.15, 0.2) is 0 Å². The summed E-state index contributed by atoms with van der Waals surface area (Å²) in [5.74, 6) is 1.82. The summed E-state index contributed by atoms with van der Waals surface area (Å²) in [6, 6.07) is 16.5. The first-order chi connectivity index (χ1) is 10.7. The highest BCUT2D eigenvalue weighted by Gasteiger charge is 2.06. The van der Waals surface area contributed by atoms with E-state index in [1.165, 1.54) is 11.1 Å². The van der Waals surface area contributed by atoms with Crippen molar-refractivity contribution in [1.82, 2.24) is 0 Å². The fourth-order valence-electron chi connectivity index (χ4n) is 2.45. The maximum Gasteiger partial charge on any atom is 0.119 e. The van der Waals surface area contributed by atoms with E-state index in [0.29, 0.717) is 13.2 Å². The standard InChI is InChI=1S/C19H25NO2/c1-3-21-18-9-5-15(6-10-18)13-17(20)14-16-7-11-19(12-8-16)22-4-2/h5-12,17H,3-4,13-14,20H2,1-2H3. The van der Waals surface area contributed by atoms with Crippen LogP contribution in [0.25, 0.3) is 0 Å². The van der Waals surface area contributed by atoms with E-state index in [-0.39, 0.29) is 6.04 Å². The van der Waals surface area contributed by atoms with Crippen molar-refractivity contribution in [3.05, 3.63) is 59.7 Å². The number of ether oxygens (including phenoxy) is 2. The number of benzene rings is 2. The molecule has 0 unspecified atom stereocenters. The molecule has 2 rings (SSSR count). The lowest BCUT2D eigenvalue weighted by atomic mass is 9.99. The minimum Gasteiger partial charge on any atom is -0.494 e. The SMILES string of the molecule is CCOc1ccc(CC(N)Cc2ccc(OCC)cc2)cc1. The molecule has 118 valence electrons. The van der Waals surface area contributed by atoms with Gasteiger partial charge in [-0.15, -0.1) is 0 Å². The highest BCUT2D eigenvalue weighted by Crippen LogP contribution is 2.16. The van der Waals surface area contributed by atoms with Gasteiger partial charge in [-0.1, -0.05) is 24.3 Å². The Kier molecular flexibility index (Phi) is 6.28. The van der Waals surface area contributed by atoms with Gasteiger partial charge in [0.2, 0.25) is 0 Å². The highest BCUT2D eigenvalue weighted by atomic mass is 16.5. The Morgan fingerprint density at radius 3 is 1.41 bits per heavy atom. The molecule has 0 amide bonds. The van der Waals surface area contributed by atoms with Gasteiger partial charge in [0.25, 0.3) is 0 Å². The van der Waals surface area contributed by atoms with Crippen molar-refractivity contribution in [2.75, 3.05) is 13.2 Å². The predicted octanol–water partition coefficient (Wildman–Crippen LogP) is 3.60. The van der Waals surface area contributed by atoms with Crippen LogP contribution in [0, 0.1) is 0 Å². The molecule has 0 radical (unpaired) electrons. The predicted molar refractivity (Wildman–Crippen MR) is 90.6 cm³/mol. The number of nitrogens with two attached hydrogens (primary N) is 1. The zero-order chi connectivity index (χ0) is 15.8. The van der Waals surface area contributed by atoms with E-state index in [4.69, 9.17) is 15.2 Å². The summed E-state index contributed by atoms with van der Waals surface area (Å²) < 4.78 is 10.9. The summed E-state index contributed by atoms with van der Waals surface area (Å²) in [7, 11) is 0. The molecule has 0 aliphatic carbocycles. The van der Waals surface area contributed by atoms with Crippen molar-refractivity contribution in [2.45, 2.75) is 32.7 Å². The maximum atomic E-state index is 6.27. The molecule has 2 aromatic carbocycles. The van der Waals surface area contributed by atoms with Gasteiger partial charge in [0.05, 0.1) is 13.2 Å². The largest absolute Gasteiger partial charge is 0.494 e. The summed E-state index contributed by atoms with van der Waals surface area (Å²) in [5, 5.41) is 0. The Balaban J connectivity index is 1.87. The van der Waals surface area contributed by atoms with Crippen molar-refractivity contribution >= 4 is 0 Å². The Bertz CT molecular complexity index is 497. The van der Waals surface area contributed by atoms with Gasteiger partial charge < -0.3 is 15.2 Å². The Morgan fingerprint density at radius 1 is 0.727 bits per heavy atom. The molecule has 3 nitrogen and oxygen atoms in total. The van der Waals surface area contributed by atoms with Crippen LogP contribution < -0.4 is 15.2 Å². The lowest BCUT2D eigenvalue weighted by Crippen LogP contribution is -2.25. The molecule has 0 aliphatic rings. The van der Waals surface area contributed by atoms with Crippen molar-refractivity contribution in [2.24, 2.45) is 5.73 Å². The third-order valence-corrected chi connectivity index (χ3v) is 3.46.